The molecule has 32 heavy (non-hydrogen) atoms. The summed E-state index contributed by atoms with van der Waals surface area (Å²) in [6.45, 7) is 9.83. The molecule has 4 fully saturated rings. The van der Waals surface area contributed by atoms with E-state index in [9.17, 15) is 4.79 Å². The molecule has 4 aliphatic rings. The SMILES string of the molecule is CC1(C)C2CCC1(C)[C@@H](NC(=O)c1onc(OCC3CCNCC3)c1SC1CCCC1)C2. The lowest BCUT2D eigenvalue weighted by Crippen LogP contribution is -2.46. The third-order valence-corrected chi connectivity index (χ3v) is 10.8. The van der Waals surface area contributed by atoms with Gasteiger partial charge in [0.05, 0.1) is 6.61 Å². The first kappa shape index (κ1) is 22.6. The highest BCUT2D eigenvalue weighted by atomic mass is 32.2. The van der Waals surface area contributed by atoms with Gasteiger partial charge in [0.25, 0.3) is 11.8 Å². The van der Waals surface area contributed by atoms with Crippen molar-refractivity contribution in [1.29, 1.82) is 0 Å². The van der Waals surface area contributed by atoms with Crippen molar-refractivity contribution < 1.29 is 14.1 Å². The van der Waals surface area contributed by atoms with Crippen LogP contribution >= 0.6 is 11.8 Å². The molecule has 1 aromatic rings. The van der Waals surface area contributed by atoms with Crippen LogP contribution in [0.15, 0.2) is 9.42 Å². The van der Waals surface area contributed by atoms with Crippen LogP contribution in [0.3, 0.4) is 0 Å². The van der Waals surface area contributed by atoms with Crippen LogP contribution in [0.5, 0.6) is 5.88 Å². The summed E-state index contributed by atoms with van der Waals surface area (Å²) >= 11 is 1.74. The number of nitrogens with one attached hydrogen (secondary N) is 2. The van der Waals surface area contributed by atoms with Crippen LogP contribution in [0.2, 0.25) is 0 Å². The van der Waals surface area contributed by atoms with E-state index < -0.39 is 0 Å². The molecule has 1 amide bonds. The third-order valence-electron chi connectivity index (χ3n) is 9.43. The number of carbonyl (C=O) groups excluding carboxylic acids is 1. The number of hydrogen-bond acceptors (Lipinski definition) is 6. The largest absolute Gasteiger partial charge is 0.474 e. The van der Waals surface area contributed by atoms with Gasteiger partial charge in [-0.15, -0.1) is 11.8 Å². The van der Waals surface area contributed by atoms with Gasteiger partial charge in [0.2, 0.25) is 5.76 Å². The Hall–Kier alpha value is -1.21. The first-order valence-electron chi connectivity index (χ1n) is 12.7. The number of hydrogen-bond donors (Lipinski definition) is 2. The molecule has 178 valence electrons. The molecular formula is C25H39N3O3S. The molecule has 6 nitrogen and oxygen atoms in total. The smallest absolute Gasteiger partial charge is 0.291 e. The topological polar surface area (TPSA) is 76.4 Å². The standard InChI is InChI=1S/C25H39N3O3S/c1-24(2)17-8-11-25(24,3)19(14-17)27-22(29)20-21(32-18-6-4-5-7-18)23(28-31-20)30-15-16-9-12-26-13-10-16/h16-19,26H,4-15H2,1-3H3,(H,27,29)/t17?,19-,25?/m0/s1. The zero-order valence-electron chi connectivity index (χ0n) is 19.9. The van der Waals surface area contributed by atoms with Gasteiger partial charge in [-0.1, -0.05) is 33.6 Å². The van der Waals surface area contributed by atoms with Crippen LogP contribution in [-0.2, 0) is 0 Å². The quantitative estimate of drug-likeness (QED) is 0.593. The van der Waals surface area contributed by atoms with E-state index in [2.05, 4.69) is 36.6 Å². The molecule has 1 saturated heterocycles. The molecule has 0 spiro atoms. The van der Waals surface area contributed by atoms with E-state index in [1.54, 1.807) is 11.8 Å². The number of rotatable bonds is 7. The Morgan fingerprint density at radius 1 is 1.19 bits per heavy atom. The van der Waals surface area contributed by atoms with Crippen LogP contribution < -0.4 is 15.4 Å². The van der Waals surface area contributed by atoms with E-state index in [1.807, 2.05) is 0 Å². The Morgan fingerprint density at radius 2 is 1.94 bits per heavy atom. The molecule has 1 aliphatic heterocycles. The average Bonchev–Trinajstić information content (AvgIpc) is 3.52. The van der Waals surface area contributed by atoms with Gasteiger partial charge in [-0.3, -0.25) is 4.79 Å². The number of amides is 1. The minimum Gasteiger partial charge on any atom is -0.474 e. The van der Waals surface area contributed by atoms with E-state index in [0.29, 0.717) is 35.3 Å². The van der Waals surface area contributed by atoms with E-state index in [4.69, 9.17) is 9.26 Å². The molecule has 3 atom stereocenters. The normalized spacial score (nSPS) is 32.5. The van der Waals surface area contributed by atoms with Gasteiger partial charge < -0.3 is 19.9 Å². The molecule has 5 rings (SSSR count). The minimum atomic E-state index is -0.121. The van der Waals surface area contributed by atoms with Crippen molar-refractivity contribution in [2.24, 2.45) is 22.7 Å². The van der Waals surface area contributed by atoms with Crippen molar-refractivity contribution >= 4 is 17.7 Å². The second kappa shape index (κ2) is 8.86. The van der Waals surface area contributed by atoms with Crippen molar-refractivity contribution in [1.82, 2.24) is 15.8 Å². The number of carbonyl (C=O) groups is 1. The number of thioether (sulfide) groups is 1. The molecule has 2 bridgehead atoms. The van der Waals surface area contributed by atoms with Crippen LogP contribution in [0, 0.1) is 22.7 Å². The van der Waals surface area contributed by atoms with Gasteiger partial charge in [0.15, 0.2) is 0 Å². The van der Waals surface area contributed by atoms with Crippen molar-refractivity contribution in [3.05, 3.63) is 5.76 Å². The maximum Gasteiger partial charge on any atom is 0.291 e. The van der Waals surface area contributed by atoms with Crippen LogP contribution in [0.1, 0.15) is 89.1 Å². The Balaban J connectivity index is 1.32. The Morgan fingerprint density at radius 3 is 2.59 bits per heavy atom. The Kier molecular flexibility index (Phi) is 6.25. The van der Waals surface area contributed by atoms with E-state index >= 15 is 0 Å². The van der Waals surface area contributed by atoms with Gasteiger partial charge >= 0.3 is 0 Å². The fourth-order valence-electron chi connectivity index (χ4n) is 6.67. The van der Waals surface area contributed by atoms with Gasteiger partial charge in [-0.25, -0.2) is 0 Å². The van der Waals surface area contributed by atoms with Crippen molar-refractivity contribution in [3.8, 4) is 5.88 Å². The zero-order valence-corrected chi connectivity index (χ0v) is 20.7. The van der Waals surface area contributed by atoms with Gasteiger partial charge in [0, 0.05) is 11.3 Å². The number of aromatic nitrogens is 1. The van der Waals surface area contributed by atoms with E-state index in [1.165, 1.54) is 38.5 Å². The molecule has 0 aromatic carbocycles. The Bertz CT molecular complexity index is 828. The first-order valence-corrected chi connectivity index (χ1v) is 13.6. The highest BCUT2D eigenvalue weighted by molar-refractivity contribution is 8.00. The number of ether oxygens (including phenoxy) is 1. The molecule has 3 aliphatic carbocycles. The summed E-state index contributed by atoms with van der Waals surface area (Å²) in [5.41, 5.74) is 0.400. The molecular weight excluding hydrogens is 422 g/mol. The molecule has 2 heterocycles. The summed E-state index contributed by atoms with van der Waals surface area (Å²) < 4.78 is 11.8. The summed E-state index contributed by atoms with van der Waals surface area (Å²) in [4.78, 5) is 14.2. The molecule has 0 radical (unpaired) electrons. The predicted molar refractivity (Wildman–Crippen MR) is 126 cm³/mol. The molecule has 7 heteroatoms. The van der Waals surface area contributed by atoms with Gasteiger partial charge in [0.1, 0.15) is 4.90 Å². The van der Waals surface area contributed by atoms with Gasteiger partial charge in [-0.2, -0.15) is 0 Å². The summed E-state index contributed by atoms with van der Waals surface area (Å²) in [6.07, 6.45) is 10.6. The number of nitrogens with zero attached hydrogens (tertiary/aromatic N) is 1. The van der Waals surface area contributed by atoms with Crippen molar-refractivity contribution in [2.75, 3.05) is 19.7 Å². The monoisotopic (exact) mass is 461 g/mol. The first-order chi connectivity index (χ1) is 15.4. The lowest BCUT2D eigenvalue weighted by molar-refractivity contribution is 0.0789. The molecule has 3 saturated carbocycles. The lowest BCUT2D eigenvalue weighted by Gasteiger charge is -2.39. The molecule has 1 aromatic heterocycles. The van der Waals surface area contributed by atoms with Crippen molar-refractivity contribution in [2.45, 2.75) is 94.7 Å². The fourth-order valence-corrected chi connectivity index (χ4v) is 8.01. The third kappa shape index (κ3) is 3.97. The van der Waals surface area contributed by atoms with Crippen LogP contribution in [0.4, 0.5) is 0 Å². The Labute approximate surface area is 196 Å². The second-order valence-corrected chi connectivity index (χ2v) is 12.6. The second-order valence-electron chi connectivity index (χ2n) is 11.3. The zero-order chi connectivity index (χ0) is 22.3. The molecule has 2 N–H and O–H groups in total. The van der Waals surface area contributed by atoms with E-state index in [0.717, 1.165) is 37.2 Å². The summed E-state index contributed by atoms with van der Waals surface area (Å²) in [5.74, 6) is 1.97. The van der Waals surface area contributed by atoms with Crippen LogP contribution in [0.25, 0.3) is 0 Å². The van der Waals surface area contributed by atoms with E-state index in [-0.39, 0.29) is 22.8 Å². The predicted octanol–water partition coefficient (Wildman–Crippen LogP) is 5.03. The summed E-state index contributed by atoms with van der Waals surface area (Å²) in [6, 6.07) is 0.192. The summed E-state index contributed by atoms with van der Waals surface area (Å²) in [7, 11) is 0. The number of fused-ring (bicyclic) bond motifs is 2. The lowest BCUT2D eigenvalue weighted by atomic mass is 9.69. The average molecular weight is 462 g/mol. The van der Waals surface area contributed by atoms with Gasteiger partial charge in [-0.05, 0) is 85.9 Å². The fraction of sp³-hybridized carbons (Fsp3) is 0.840. The summed E-state index contributed by atoms with van der Waals surface area (Å²) in [5, 5.41) is 11.5. The van der Waals surface area contributed by atoms with Crippen LogP contribution in [-0.4, -0.2) is 42.1 Å². The maximum atomic E-state index is 13.4. The highest BCUT2D eigenvalue weighted by Gasteiger charge is 2.61. The number of piperidine rings is 1. The minimum absolute atomic E-state index is 0.121. The maximum absolute atomic E-state index is 13.4. The highest BCUT2D eigenvalue weighted by Crippen LogP contribution is 2.65. The molecule has 2 unspecified atom stereocenters. The van der Waals surface area contributed by atoms with Crippen molar-refractivity contribution in [3.63, 3.8) is 0 Å².